The molecule has 0 aromatic heterocycles. The standard InChI is InChI=1S/C17H19ClFN/c1-12-5-3-4-6-13(12)10-16(20-2)11-14-9-15(18)7-8-17(14)19/h3-9,16,20H,10-11H2,1-2H3. The van der Waals surface area contributed by atoms with Crippen LogP contribution >= 0.6 is 11.6 Å². The molecule has 2 aromatic rings. The number of nitrogens with one attached hydrogen (secondary N) is 1. The Bertz CT molecular complexity index is 583. The van der Waals surface area contributed by atoms with Crippen molar-refractivity contribution in [2.24, 2.45) is 0 Å². The molecule has 0 amide bonds. The summed E-state index contributed by atoms with van der Waals surface area (Å²) in [6.07, 6.45) is 1.49. The normalized spacial score (nSPS) is 12.4. The van der Waals surface area contributed by atoms with Crippen molar-refractivity contribution in [1.29, 1.82) is 0 Å². The van der Waals surface area contributed by atoms with Crippen molar-refractivity contribution in [3.8, 4) is 0 Å². The molecule has 0 saturated carbocycles. The van der Waals surface area contributed by atoms with Crippen LogP contribution in [0, 0.1) is 12.7 Å². The molecular formula is C17H19ClFN. The number of aryl methyl sites for hydroxylation is 1. The first-order valence-corrected chi connectivity index (χ1v) is 7.13. The van der Waals surface area contributed by atoms with Gasteiger partial charge in [-0.25, -0.2) is 4.39 Å². The lowest BCUT2D eigenvalue weighted by atomic mass is 9.96. The van der Waals surface area contributed by atoms with Gasteiger partial charge < -0.3 is 5.32 Å². The Morgan fingerprint density at radius 1 is 1.10 bits per heavy atom. The zero-order valence-corrected chi connectivity index (χ0v) is 12.5. The zero-order chi connectivity index (χ0) is 14.5. The van der Waals surface area contributed by atoms with Crippen LogP contribution in [0.4, 0.5) is 4.39 Å². The topological polar surface area (TPSA) is 12.0 Å². The highest BCUT2D eigenvalue weighted by Crippen LogP contribution is 2.18. The van der Waals surface area contributed by atoms with E-state index in [9.17, 15) is 4.39 Å². The van der Waals surface area contributed by atoms with E-state index in [0.717, 1.165) is 6.42 Å². The van der Waals surface area contributed by atoms with Crippen LogP contribution in [0.2, 0.25) is 5.02 Å². The summed E-state index contributed by atoms with van der Waals surface area (Å²) < 4.78 is 13.8. The van der Waals surface area contributed by atoms with Crippen LogP contribution in [0.3, 0.4) is 0 Å². The van der Waals surface area contributed by atoms with Crippen LogP contribution in [0.5, 0.6) is 0 Å². The quantitative estimate of drug-likeness (QED) is 0.872. The molecule has 3 heteroatoms. The Morgan fingerprint density at radius 2 is 1.80 bits per heavy atom. The molecule has 1 unspecified atom stereocenters. The second-order valence-electron chi connectivity index (χ2n) is 5.06. The van der Waals surface area contributed by atoms with Crippen LogP contribution in [0.15, 0.2) is 42.5 Å². The van der Waals surface area contributed by atoms with E-state index in [1.165, 1.54) is 17.2 Å². The minimum Gasteiger partial charge on any atom is -0.316 e. The van der Waals surface area contributed by atoms with E-state index in [4.69, 9.17) is 11.6 Å². The third kappa shape index (κ3) is 3.81. The SMILES string of the molecule is CNC(Cc1ccccc1C)Cc1cc(Cl)ccc1F. The summed E-state index contributed by atoms with van der Waals surface area (Å²) >= 11 is 5.94. The molecule has 0 saturated heterocycles. The van der Waals surface area contributed by atoms with Crippen molar-refractivity contribution in [2.75, 3.05) is 7.05 Å². The number of hydrogen-bond acceptors (Lipinski definition) is 1. The molecule has 20 heavy (non-hydrogen) atoms. The van der Waals surface area contributed by atoms with Gasteiger partial charge in [-0.3, -0.25) is 0 Å². The molecule has 2 aromatic carbocycles. The van der Waals surface area contributed by atoms with E-state index < -0.39 is 0 Å². The van der Waals surface area contributed by atoms with Gasteiger partial charge in [0, 0.05) is 11.1 Å². The molecule has 0 spiro atoms. The van der Waals surface area contributed by atoms with E-state index in [1.807, 2.05) is 19.2 Å². The van der Waals surface area contributed by atoms with E-state index in [0.29, 0.717) is 17.0 Å². The smallest absolute Gasteiger partial charge is 0.126 e. The Morgan fingerprint density at radius 3 is 2.50 bits per heavy atom. The molecule has 0 aliphatic heterocycles. The molecule has 0 aliphatic carbocycles. The second-order valence-corrected chi connectivity index (χ2v) is 5.49. The molecule has 1 nitrogen and oxygen atoms in total. The number of rotatable bonds is 5. The minimum absolute atomic E-state index is 0.184. The van der Waals surface area contributed by atoms with Crippen LogP contribution in [0.1, 0.15) is 16.7 Å². The zero-order valence-electron chi connectivity index (χ0n) is 11.8. The van der Waals surface area contributed by atoms with Crippen molar-refractivity contribution in [3.63, 3.8) is 0 Å². The maximum Gasteiger partial charge on any atom is 0.126 e. The molecule has 0 heterocycles. The van der Waals surface area contributed by atoms with Crippen LogP contribution in [0.25, 0.3) is 0 Å². The predicted octanol–water partition coefficient (Wildman–Crippen LogP) is 4.16. The third-order valence-corrected chi connectivity index (χ3v) is 3.84. The van der Waals surface area contributed by atoms with Crippen molar-refractivity contribution in [3.05, 3.63) is 70.0 Å². The minimum atomic E-state index is -0.195. The average Bonchev–Trinajstić information content (AvgIpc) is 2.44. The Labute approximate surface area is 124 Å². The van der Waals surface area contributed by atoms with E-state index in [-0.39, 0.29) is 11.9 Å². The fourth-order valence-electron chi connectivity index (χ4n) is 2.35. The summed E-state index contributed by atoms with van der Waals surface area (Å²) in [6.45, 7) is 2.10. The van der Waals surface area contributed by atoms with Crippen LogP contribution < -0.4 is 5.32 Å². The van der Waals surface area contributed by atoms with E-state index >= 15 is 0 Å². The van der Waals surface area contributed by atoms with Gasteiger partial charge in [0.1, 0.15) is 5.82 Å². The second kappa shape index (κ2) is 6.87. The molecule has 106 valence electrons. The lowest BCUT2D eigenvalue weighted by Crippen LogP contribution is -2.30. The maximum absolute atomic E-state index is 13.8. The van der Waals surface area contributed by atoms with Crippen molar-refractivity contribution < 1.29 is 4.39 Å². The Kier molecular flexibility index (Phi) is 5.16. The van der Waals surface area contributed by atoms with Gasteiger partial charge in [0.2, 0.25) is 0 Å². The van der Waals surface area contributed by atoms with Crippen molar-refractivity contribution in [2.45, 2.75) is 25.8 Å². The van der Waals surface area contributed by atoms with Gasteiger partial charge >= 0.3 is 0 Å². The molecular weight excluding hydrogens is 273 g/mol. The van der Waals surface area contributed by atoms with E-state index in [2.05, 4.69) is 24.4 Å². The number of benzene rings is 2. The molecule has 1 N–H and O–H groups in total. The summed E-state index contributed by atoms with van der Waals surface area (Å²) in [5.74, 6) is -0.195. The Hall–Kier alpha value is -1.38. The number of hydrogen-bond donors (Lipinski definition) is 1. The van der Waals surface area contributed by atoms with Gasteiger partial charge in [-0.2, -0.15) is 0 Å². The van der Waals surface area contributed by atoms with Gasteiger partial charge in [0.15, 0.2) is 0 Å². The largest absolute Gasteiger partial charge is 0.316 e. The lowest BCUT2D eigenvalue weighted by Gasteiger charge is -2.18. The highest BCUT2D eigenvalue weighted by Gasteiger charge is 2.13. The fraction of sp³-hybridized carbons (Fsp3) is 0.294. The lowest BCUT2D eigenvalue weighted by molar-refractivity contribution is 0.531. The molecule has 1 atom stereocenters. The summed E-state index contributed by atoms with van der Waals surface area (Å²) in [5, 5.41) is 3.84. The third-order valence-electron chi connectivity index (χ3n) is 3.61. The van der Waals surface area contributed by atoms with Gasteiger partial charge in [-0.05, 0) is 61.7 Å². The fourth-order valence-corrected chi connectivity index (χ4v) is 2.54. The maximum atomic E-state index is 13.8. The molecule has 0 radical (unpaired) electrons. The number of halogens is 2. The van der Waals surface area contributed by atoms with E-state index in [1.54, 1.807) is 12.1 Å². The summed E-state index contributed by atoms with van der Waals surface area (Å²) in [6, 6.07) is 13.2. The first-order chi connectivity index (χ1) is 9.60. The van der Waals surface area contributed by atoms with Gasteiger partial charge in [-0.1, -0.05) is 35.9 Å². The van der Waals surface area contributed by atoms with Crippen LogP contribution in [-0.2, 0) is 12.8 Å². The molecule has 0 aliphatic rings. The predicted molar refractivity (Wildman–Crippen MR) is 82.8 cm³/mol. The summed E-state index contributed by atoms with van der Waals surface area (Å²) in [7, 11) is 1.91. The Balaban J connectivity index is 2.13. The first-order valence-electron chi connectivity index (χ1n) is 6.76. The summed E-state index contributed by atoms with van der Waals surface area (Å²) in [5.41, 5.74) is 3.21. The first kappa shape index (κ1) is 15.0. The highest BCUT2D eigenvalue weighted by molar-refractivity contribution is 6.30. The molecule has 0 fully saturated rings. The summed E-state index contributed by atoms with van der Waals surface area (Å²) in [4.78, 5) is 0. The van der Waals surface area contributed by atoms with Gasteiger partial charge in [-0.15, -0.1) is 0 Å². The van der Waals surface area contributed by atoms with Gasteiger partial charge in [0.25, 0.3) is 0 Å². The molecule has 0 bridgehead atoms. The van der Waals surface area contributed by atoms with Crippen molar-refractivity contribution in [1.82, 2.24) is 5.32 Å². The molecule has 2 rings (SSSR count). The average molecular weight is 292 g/mol. The highest BCUT2D eigenvalue weighted by atomic mass is 35.5. The number of likely N-dealkylation sites (N-methyl/N-ethyl adjacent to an activating group) is 1. The van der Waals surface area contributed by atoms with Crippen LogP contribution in [-0.4, -0.2) is 13.1 Å². The monoisotopic (exact) mass is 291 g/mol. The van der Waals surface area contributed by atoms with Crippen molar-refractivity contribution >= 4 is 11.6 Å². The van der Waals surface area contributed by atoms with Gasteiger partial charge in [0.05, 0.1) is 0 Å².